The number of aliphatic hydroxyl groups excluding tert-OH is 1. The number of rotatable bonds is 4. The van der Waals surface area contributed by atoms with Crippen LogP contribution in [-0.2, 0) is 11.0 Å². The van der Waals surface area contributed by atoms with Gasteiger partial charge in [0.15, 0.2) is 0 Å². The molecule has 6 rings (SSSR count). The summed E-state index contributed by atoms with van der Waals surface area (Å²) in [4.78, 5) is 13.1. The van der Waals surface area contributed by atoms with Gasteiger partial charge in [-0.1, -0.05) is 71.1 Å². The Bertz CT molecular complexity index is 1360. The molecule has 0 heterocycles. The maximum atomic E-state index is 13.3. The van der Waals surface area contributed by atoms with E-state index in [1.54, 1.807) is 12.1 Å². The van der Waals surface area contributed by atoms with Crippen LogP contribution in [0.1, 0.15) is 110 Å². The lowest BCUT2D eigenvalue weighted by atomic mass is 9.32. The highest BCUT2D eigenvalue weighted by Gasteiger charge is 2.72. The third kappa shape index (κ3) is 4.35. The quantitative estimate of drug-likeness (QED) is 0.333. The molecule has 5 aliphatic carbocycles. The Morgan fingerprint density at radius 1 is 0.909 bits per heavy atom. The summed E-state index contributed by atoms with van der Waals surface area (Å²) in [6, 6.07) is 5.32. The number of benzene rings is 1. The van der Waals surface area contributed by atoms with Crippen molar-refractivity contribution in [3.05, 3.63) is 53.6 Å². The first-order valence-electron chi connectivity index (χ1n) is 16.9. The van der Waals surface area contributed by atoms with Gasteiger partial charge in [0, 0.05) is 0 Å². The number of carboxylic acid groups (broad SMARTS) is 1. The highest BCUT2D eigenvalue weighted by atomic mass is 19.4. The van der Waals surface area contributed by atoms with Crippen LogP contribution in [0.3, 0.4) is 0 Å². The molecule has 0 aromatic heterocycles. The SMILES string of the molecule is C=C(/C=C/c1cccc(C(F)(F)F)c1)[C@@H]1CC[C@]2(C(=O)O)CC[C@]3(C)[C@H](CC[C@@H]4[C@@]5(C)CC[C@H](O)C(C)(C)[C@@H]5CC[C@]43C)[C@@H]12. The third-order valence-electron chi connectivity index (χ3n) is 15.0. The number of hydrogen-bond acceptors (Lipinski definition) is 2. The molecule has 0 unspecified atom stereocenters. The molecule has 10 atom stereocenters. The predicted octanol–water partition coefficient (Wildman–Crippen LogP) is 9.80. The molecule has 0 bridgehead atoms. The molecule has 6 heteroatoms. The zero-order valence-corrected chi connectivity index (χ0v) is 27.1. The summed E-state index contributed by atoms with van der Waals surface area (Å²) in [7, 11) is 0. The Morgan fingerprint density at radius 2 is 1.64 bits per heavy atom. The monoisotopic (exact) mass is 612 g/mol. The van der Waals surface area contributed by atoms with E-state index in [-0.39, 0.29) is 45.5 Å². The van der Waals surface area contributed by atoms with Crippen molar-refractivity contribution in [3.63, 3.8) is 0 Å². The molecule has 5 saturated carbocycles. The Balaban J connectivity index is 1.33. The molecule has 3 nitrogen and oxygen atoms in total. The summed E-state index contributed by atoms with van der Waals surface area (Å²) in [5, 5.41) is 21.8. The molecule has 5 aliphatic rings. The van der Waals surface area contributed by atoms with E-state index in [4.69, 9.17) is 0 Å². The first-order valence-corrected chi connectivity index (χ1v) is 16.9. The minimum absolute atomic E-state index is 0.00592. The van der Waals surface area contributed by atoms with E-state index in [1.165, 1.54) is 6.07 Å². The first-order chi connectivity index (χ1) is 20.4. The Morgan fingerprint density at radius 3 is 2.32 bits per heavy atom. The molecule has 0 saturated heterocycles. The van der Waals surface area contributed by atoms with Gasteiger partial charge in [-0.15, -0.1) is 0 Å². The van der Waals surface area contributed by atoms with Gasteiger partial charge in [-0.05, 0) is 133 Å². The van der Waals surface area contributed by atoms with E-state index in [0.717, 1.165) is 69.1 Å². The average Bonchev–Trinajstić information content (AvgIpc) is 3.35. The second-order valence-corrected chi connectivity index (χ2v) is 16.7. The summed E-state index contributed by atoms with van der Waals surface area (Å²) in [5.41, 5.74) is -0.0456. The van der Waals surface area contributed by atoms with Crippen molar-refractivity contribution in [3.8, 4) is 0 Å². The second kappa shape index (κ2) is 10.2. The average molecular weight is 613 g/mol. The zero-order valence-electron chi connectivity index (χ0n) is 27.1. The molecular formula is C38H51F3O3. The third-order valence-corrected chi connectivity index (χ3v) is 15.0. The van der Waals surface area contributed by atoms with Gasteiger partial charge in [0.25, 0.3) is 0 Å². The number of carbonyl (C=O) groups is 1. The van der Waals surface area contributed by atoms with Crippen molar-refractivity contribution < 1.29 is 28.2 Å². The molecule has 242 valence electrons. The van der Waals surface area contributed by atoms with Gasteiger partial charge in [-0.2, -0.15) is 13.2 Å². The topological polar surface area (TPSA) is 57.5 Å². The molecule has 1 aromatic carbocycles. The van der Waals surface area contributed by atoms with Gasteiger partial charge in [0.2, 0.25) is 0 Å². The van der Waals surface area contributed by atoms with Crippen molar-refractivity contribution in [2.75, 3.05) is 0 Å². The van der Waals surface area contributed by atoms with Crippen molar-refractivity contribution in [2.45, 2.75) is 111 Å². The van der Waals surface area contributed by atoms with Crippen LogP contribution in [-0.4, -0.2) is 22.3 Å². The maximum absolute atomic E-state index is 13.3. The molecule has 0 aliphatic heterocycles. The predicted molar refractivity (Wildman–Crippen MR) is 167 cm³/mol. The van der Waals surface area contributed by atoms with Crippen molar-refractivity contribution in [1.82, 2.24) is 0 Å². The van der Waals surface area contributed by atoms with Gasteiger partial charge in [0.1, 0.15) is 0 Å². The standard InChI is InChI=1S/C38H51F3O3/c1-23(10-11-24-8-7-9-25(22-24)38(39,40)41)26-14-19-37(32(43)44)21-20-35(5)27(31(26)37)12-13-29-34(4)17-16-30(42)33(2,3)28(34)15-18-36(29,35)6/h7-11,22,26-31,42H,1,12-21H2,2-6H3,(H,43,44)/b11-10+/t26-,27+,28-,29+,30-,31+,34-,35+,36+,37-/m0/s1. The lowest BCUT2D eigenvalue weighted by Gasteiger charge is -2.72. The van der Waals surface area contributed by atoms with Crippen LogP contribution in [0.4, 0.5) is 13.2 Å². The van der Waals surface area contributed by atoms with E-state index in [2.05, 4.69) is 41.2 Å². The number of aliphatic hydroxyl groups is 1. The molecule has 44 heavy (non-hydrogen) atoms. The van der Waals surface area contributed by atoms with Gasteiger partial charge in [0.05, 0.1) is 17.1 Å². The van der Waals surface area contributed by atoms with Crippen molar-refractivity contribution in [1.29, 1.82) is 0 Å². The molecular weight excluding hydrogens is 561 g/mol. The Hall–Kier alpha value is -2.08. The summed E-state index contributed by atoms with van der Waals surface area (Å²) < 4.78 is 40.0. The fraction of sp³-hybridized carbons (Fsp3) is 0.711. The fourth-order valence-electron chi connectivity index (χ4n) is 12.5. The summed E-state index contributed by atoms with van der Waals surface area (Å²) in [5.74, 6) is 0.524. The van der Waals surface area contributed by atoms with Crippen molar-refractivity contribution >= 4 is 12.0 Å². The second-order valence-electron chi connectivity index (χ2n) is 16.7. The molecule has 0 amide bonds. The van der Waals surface area contributed by atoms with Gasteiger partial charge >= 0.3 is 12.1 Å². The van der Waals surface area contributed by atoms with Crippen molar-refractivity contribution in [2.24, 2.45) is 56.7 Å². The highest BCUT2D eigenvalue weighted by Crippen LogP contribution is 2.77. The van der Waals surface area contributed by atoms with Crippen LogP contribution >= 0.6 is 0 Å². The van der Waals surface area contributed by atoms with Crippen LogP contribution in [0.5, 0.6) is 0 Å². The van der Waals surface area contributed by atoms with Crippen LogP contribution < -0.4 is 0 Å². The molecule has 5 fully saturated rings. The molecule has 1 aromatic rings. The smallest absolute Gasteiger partial charge is 0.416 e. The minimum Gasteiger partial charge on any atom is -0.481 e. The largest absolute Gasteiger partial charge is 0.481 e. The number of fused-ring (bicyclic) bond motifs is 7. The fourth-order valence-corrected chi connectivity index (χ4v) is 12.5. The maximum Gasteiger partial charge on any atom is 0.416 e. The first kappa shape index (κ1) is 31.9. The molecule has 0 spiro atoms. The van der Waals surface area contributed by atoms with E-state index in [1.807, 2.05) is 6.08 Å². The number of allylic oxidation sites excluding steroid dienone is 2. The number of halogens is 3. The highest BCUT2D eigenvalue weighted by molar-refractivity contribution is 5.76. The van der Waals surface area contributed by atoms with Gasteiger partial charge < -0.3 is 10.2 Å². The van der Waals surface area contributed by atoms with Crippen LogP contribution in [0, 0.1) is 56.7 Å². The zero-order chi connectivity index (χ0) is 32.1. The van der Waals surface area contributed by atoms with E-state index in [0.29, 0.717) is 30.2 Å². The van der Waals surface area contributed by atoms with Gasteiger partial charge in [-0.25, -0.2) is 0 Å². The molecule has 2 N–H and O–H groups in total. The number of alkyl halides is 3. The van der Waals surface area contributed by atoms with Crippen LogP contribution in [0.2, 0.25) is 0 Å². The molecule has 0 radical (unpaired) electrons. The number of carboxylic acids is 1. The summed E-state index contributed by atoms with van der Waals surface area (Å²) >= 11 is 0. The summed E-state index contributed by atoms with van der Waals surface area (Å²) in [6.07, 6.45) is 8.04. The lowest BCUT2D eigenvalue weighted by Crippen LogP contribution is -2.67. The normalized spacial score (nSPS) is 44.8. The van der Waals surface area contributed by atoms with E-state index < -0.39 is 23.1 Å². The van der Waals surface area contributed by atoms with Crippen LogP contribution in [0.25, 0.3) is 6.08 Å². The summed E-state index contributed by atoms with van der Waals surface area (Å²) in [6.45, 7) is 16.4. The van der Waals surface area contributed by atoms with E-state index >= 15 is 0 Å². The number of aliphatic carboxylic acids is 1. The minimum atomic E-state index is -4.40. The van der Waals surface area contributed by atoms with Crippen LogP contribution in [0.15, 0.2) is 42.5 Å². The van der Waals surface area contributed by atoms with Gasteiger partial charge in [-0.3, -0.25) is 4.79 Å². The Labute approximate surface area is 261 Å². The Kier molecular flexibility index (Phi) is 7.40. The lowest BCUT2D eigenvalue weighted by molar-refractivity contribution is -0.248. The van der Waals surface area contributed by atoms with E-state index in [9.17, 15) is 28.2 Å². The number of hydrogen-bond donors (Lipinski definition) is 2.